The summed E-state index contributed by atoms with van der Waals surface area (Å²) in [5.41, 5.74) is 2.94. The van der Waals surface area contributed by atoms with Crippen molar-refractivity contribution < 1.29 is 23.8 Å². The average molecular weight is 419 g/mol. The zero-order valence-corrected chi connectivity index (χ0v) is 17.8. The number of aryl methyl sites for hydroxylation is 1. The highest BCUT2D eigenvalue weighted by Crippen LogP contribution is 2.29. The third kappa shape index (κ3) is 6.09. The average Bonchev–Trinajstić information content (AvgIpc) is 2.78. The Balaban J connectivity index is 1.62. The number of ether oxygens (including phenoxy) is 3. The maximum absolute atomic E-state index is 12.5. The first-order chi connectivity index (χ1) is 15.0. The van der Waals surface area contributed by atoms with Gasteiger partial charge in [0.1, 0.15) is 6.61 Å². The van der Waals surface area contributed by atoms with Crippen molar-refractivity contribution in [3.8, 4) is 11.5 Å². The molecule has 0 saturated carbocycles. The van der Waals surface area contributed by atoms with Crippen LogP contribution in [0.4, 0.5) is 5.69 Å². The number of hydrogen-bond acceptors (Lipinski definition) is 5. The van der Waals surface area contributed by atoms with Crippen molar-refractivity contribution in [2.75, 3.05) is 12.4 Å². The van der Waals surface area contributed by atoms with Gasteiger partial charge < -0.3 is 19.5 Å². The molecule has 0 aliphatic heterocycles. The second-order valence-electron chi connectivity index (χ2n) is 7.05. The molecule has 3 rings (SSSR count). The molecule has 0 radical (unpaired) electrons. The normalized spacial score (nSPS) is 11.3. The Morgan fingerprint density at radius 3 is 2.42 bits per heavy atom. The van der Waals surface area contributed by atoms with Crippen LogP contribution in [0.25, 0.3) is 0 Å². The van der Waals surface area contributed by atoms with Crippen molar-refractivity contribution in [1.29, 1.82) is 0 Å². The highest BCUT2D eigenvalue weighted by Gasteiger charge is 2.20. The largest absolute Gasteiger partial charge is 0.493 e. The van der Waals surface area contributed by atoms with Crippen LogP contribution in [0.15, 0.2) is 72.8 Å². The summed E-state index contributed by atoms with van der Waals surface area (Å²) in [6.45, 7) is 3.83. The molecular weight excluding hydrogens is 394 g/mol. The van der Waals surface area contributed by atoms with E-state index in [1.54, 1.807) is 18.2 Å². The summed E-state index contributed by atoms with van der Waals surface area (Å²) in [5, 5.41) is 2.74. The van der Waals surface area contributed by atoms with Crippen LogP contribution in [-0.2, 0) is 16.1 Å². The third-order valence-corrected chi connectivity index (χ3v) is 4.58. The summed E-state index contributed by atoms with van der Waals surface area (Å²) < 4.78 is 16.5. The summed E-state index contributed by atoms with van der Waals surface area (Å²) in [6.07, 6.45) is -0.965. The van der Waals surface area contributed by atoms with Gasteiger partial charge in [-0.2, -0.15) is 0 Å². The van der Waals surface area contributed by atoms with E-state index in [-0.39, 0.29) is 5.56 Å². The van der Waals surface area contributed by atoms with E-state index in [9.17, 15) is 9.59 Å². The topological polar surface area (TPSA) is 73.9 Å². The van der Waals surface area contributed by atoms with Crippen LogP contribution in [-0.4, -0.2) is 25.1 Å². The van der Waals surface area contributed by atoms with Crippen molar-refractivity contribution in [2.24, 2.45) is 0 Å². The van der Waals surface area contributed by atoms with Crippen LogP contribution in [0.3, 0.4) is 0 Å². The Morgan fingerprint density at radius 2 is 1.71 bits per heavy atom. The van der Waals surface area contributed by atoms with Gasteiger partial charge in [0, 0.05) is 5.69 Å². The van der Waals surface area contributed by atoms with Crippen LogP contribution in [0.2, 0.25) is 0 Å². The summed E-state index contributed by atoms with van der Waals surface area (Å²) >= 11 is 0. The van der Waals surface area contributed by atoms with E-state index in [2.05, 4.69) is 5.32 Å². The van der Waals surface area contributed by atoms with Crippen molar-refractivity contribution in [1.82, 2.24) is 0 Å². The standard InChI is InChI=1S/C25H25NO5/c1-17-8-7-11-21(14-17)26-24(27)18(2)31-25(28)20-12-13-22(23(15-20)29-3)30-16-19-9-5-4-6-10-19/h4-15,18H,16H2,1-3H3,(H,26,27)/t18-/m0/s1. The van der Waals surface area contributed by atoms with Crippen molar-refractivity contribution >= 4 is 17.6 Å². The summed E-state index contributed by atoms with van der Waals surface area (Å²) in [5.74, 6) is -0.121. The maximum Gasteiger partial charge on any atom is 0.339 e. The minimum atomic E-state index is -0.965. The Hall–Kier alpha value is -3.80. The van der Waals surface area contributed by atoms with E-state index >= 15 is 0 Å². The second-order valence-corrected chi connectivity index (χ2v) is 7.05. The van der Waals surface area contributed by atoms with E-state index < -0.39 is 18.0 Å². The molecule has 3 aromatic carbocycles. The van der Waals surface area contributed by atoms with Crippen LogP contribution >= 0.6 is 0 Å². The Morgan fingerprint density at radius 1 is 0.935 bits per heavy atom. The van der Waals surface area contributed by atoms with Gasteiger partial charge in [-0.05, 0) is 55.3 Å². The van der Waals surface area contributed by atoms with Gasteiger partial charge in [0.25, 0.3) is 5.91 Å². The van der Waals surface area contributed by atoms with Crippen LogP contribution < -0.4 is 14.8 Å². The van der Waals surface area contributed by atoms with Crippen LogP contribution in [0, 0.1) is 6.92 Å². The lowest BCUT2D eigenvalue weighted by Gasteiger charge is -2.15. The number of rotatable bonds is 8. The van der Waals surface area contributed by atoms with E-state index in [1.807, 2.05) is 55.5 Å². The predicted octanol–water partition coefficient (Wildman–Crippen LogP) is 4.77. The first-order valence-corrected chi connectivity index (χ1v) is 9.89. The van der Waals surface area contributed by atoms with Gasteiger partial charge in [0.2, 0.25) is 0 Å². The van der Waals surface area contributed by atoms with Gasteiger partial charge in [0.15, 0.2) is 17.6 Å². The summed E-state index contributed by atoms with van der Waals surface area (Å²) in [6, 6.07) is 21.9. The molecule has 0 aliphatic rings. The first-order valence-electron chi connectivity index (χ1n) is 9.89. The molecule has 31 heavy (non-hydrogen) atoms. The molecular formula is C25H25NO5. The molecule has 3 aromatic rings. The number of hydrogen-bond donors (Lipinski definition) is 1. The number of methoxy groups -OCH3 is 1. The molecule has 0 bridgehead atoms. The molecule has 1 atom stereocenters. The second kappa shape index (κ2) is 10.3. The zero-order valence-electron chi connectivity index (χ0n) is 17.8. The highest BCUT2D eigenvalue weighted by atomic mass is 16.5. The lowest BCUT2D eigenvalue weighted by atomic mass is 10.2. The minimum absolute atomic E-state index is 0.263. The predicted molar refractivity (Wildman–Crippen MR) is 118 cm³/mol. The van der Waals surface area contributed by atoms with Gasteiger partial charge in [-0.1, -0.05) is 42.5 Å². The fraction of sp³-hybridized carbons (Fsp3) is 0.200. The van der Waals surface area contributed by atoms with Crippen molar-refractivity contribution in [3.05, 3.63) is 89.5 Å². The SMILES string of the molecule is COc1cc(C(=O)O[C@@H](C)C(=O)Nc2cccc(C)c2)ccc1OCc1ccccc1. The molecule has 0 aliphatic carbocycles. The van der Waals surface area contributed by atoms with Gasteiger partial charge in [0.05, 0.1) is 12.7 Å². The molecule has 0 aromatic heterocycles. The maximum atomic E-state index is 12.5. The fourth-order valence-electron chi connectivity index (χ4n) is 2.90. The monoisotopic (exact) mass is 419 g/mol. The van der Waals surface area contributed by atoms with Gasteiger partial charge in [-0.3, -0.25) is 4.79 Å². The Kier molecular flexibility index (Phi) is 7.27. The molecule has 0 unspecified atom stereocenters. The number of nitrogens with one attached hydrogen (secondary N) is 1. The Bertz CT molecular complexity index is 1050. The quantitative estimate of drug-likeness (QED) is 0.533. The molecule has 1 N–H and O–H groups in total. The first kappa shape index (κ1) is 21.9. The molecule has 1 amide bonds. The number of amides is 1. The molecule has 0 spiro atoms. The van der Waals surface area contributed by atoms with Crippen molar-refractivity contribution in [2.45, 2.75) is 26.6 Å². The summed E-state index contributed by atoms with van der Waals surface area (Å²) in [4.78, 5) is 24.9. The molecule has 0 saturated heterocycles. The number of carbonyl (C=O) groups is 2. The summed E-state index contributed by atoms with van der Waals surface area (Å²) in [7, 11) is 1.50. The molecule has 6 nitrogen and oxygen atoms in total. The molecule has 6 heteroatoms. The lowest BCUT2D eigenvalue weighted by molar-refractivity contribution is -0.123. The fourth-order valence-corrected chi connectivity index (χ4v) is 2.90. The third-order valence-electron chi connectivity index (χ3n) is 4.58. The highest BCUT2D eigenvalue weighted by molar-refractivity contribution is 5.97. The van der Waals surface area contributed by atoms with Gasteiger partial charge in [-0.15, -0.1) is 0 Å². The van der Waals surface area contributed by atoms with Crippen LogP contribution in [0.5, 0.6) is 11.5 Å². The van der Waals surface area contributed by atoms with Crippen molar-refractivity contribution in [3.63, 3.8) is 0 Å². The molecule has 0 fully saturated rings. The van der Waals surface area contributed by atoms with E-state index in [1.165, 1.54) is 20.1 Å². The Labute approximate surface area is 181 Å². The number of benzene rings is 3. The van der Waals surface area contributed by atoms with Gasteiger partial charge in [-0.25, -0.2) is 4.79 Å². The molecule has 160 valence electrons. The zero-order chi connectivity index (χ0) is 22.2. The van der Waals surface area contributed by atoms with E-state index in [0.29, 0.717) is 23.8 Å². The van der Waals surface area contributed by atoms with E-state index in [4.69, 9.17) is 14.2 Å². The molecule has 0 heterocycles. The van der Waals surface area contributed by atoms with Gasteiger partial charge >= 0.3 is 5.97 Å². The number of anilines is 1. The lowest BCUT2D eigenvalue weighted by Crippen LogP contribution is -2.30. The van der Waals surface area contributed by atoms with E-state index in [0.717, 1.165) is 11.1 Å². The minimum Gasteiger partial charge on any atom is -0.493 e. The smallest absolute Gasteiger partial charge is 0.339 e. The number of esters is 1. The van der Waals surface area contributed by atoms with Crippen LogP contribution in [0.1, 0.15) is 28.4 Å². The number of carbonyl (C=O) groups excluding carboxylic acids is 2.